The van der Waals surface area contributed by atoms with Gasteiger partial charge in [0, 0.05) is 12.1 Å². The topological polar surface area (TPSA) is 95.7 Å². The predicted octanol–water partition coefficient (Wildman–Crippen LogP) is 1.92. The molecule has 0 bridgehead atoms. The van der Waals surface area contributed by atoms with Crippen LogP contribution in [0.5, 0.6) is 0 Å². The number of carboxylic acids is 1. The van der Waals surface area contributed by atoms with Crippen LogP contribution in [-0.4, -0.2) is 46.2 Å². The van der Waals surface area contributed by atoms with Crippen LogP contribution < -0.4 is 5.32 Å². The number of carboxylic acid groups (broad SMARTS) is 1. The average Bonchev–Trinajstić information content (AvgIpc) is 2.83. The molecular weight excluding hydrogens is 274 g/mol. The van der Waals surface area contributed by atoms with E-state index in [4.69, 9.17) is 9.63 Å². The van der Waals surface area contributed by atoms with E-state index in [0.717, 1.165) is 5.69 Å². The summed E-state index contributed by atoms with van der Waals surface area (Å²) in [5.74, 6) is -0.591. The molecule has 7 heteroatoms. The Kier molecular flexibility index (Phi) is 6.36. The van der Waals surface area contributed by atoms with Gasteiger partial charge in [-0.2, -0.15) is 0 Å². The number of nitrogens with zero attached hydrogens (tertiary/aromatic N) is 2. The maximum atomic E-state index is 12.0. The zero-order valence-electron chi connectivity index (χ0n) is 12.9. The first kappa shape index (κ1) is 17.2. The van der Waals surface area contributed by atoms with Crippen LogP contribution in [0, 0.1) is 0 Å². The van der Waals surface area contributed by atoms with Crippen molar-refractivity contribution in [3.63, 3.8) is 0 Å². The van der Waals surface area contributed by atoms with Gasteiger partial charge in [0.2, 0.25) is 11.8 Å². The van der Waals surface area contributed by atoms with Crippen LogP contribution in [0.2, 0.25) is 0 Å². The smallest absolute Gasteiger partial charge is 0.304 e. The molecule has 1 unspecified atom stereocenters. The predicted molar refractivity (Wildman–Crippen MR) is 78.2 cm³/mol. The van der Waals surface area contributed by atoms with E-state index in [-0.39, 0.29) is 30.8 Å². The minimum atomic E-state index is -0.877. The number of hydrogen-bond acceptors (Lipinski definition) is 5. The molecule has 0 saturated carbocycles. The number of rotatable bonds is 8. The van der Waals surface area contributed by atoms with Crippen molar-refractivity contribution < 1.29 is 19.2 Å². The second-order valence-electron chi connectivity index (χ2n) is 5.33. The molecule has 0 saturated heterocycles. The van der Waals surface area contributed by atoms with Crippen molar-refractivity contribution in [2.45, 2.75) is 46.1 Å². The highest BCUT2D eigenvalue weighted by molar-refractivity contribution is 5.91. The van der Waals surface area contributed by atoms with E-state index < -0.39 is 5.97 Å². The molecule has 1 aromatic heterocycles. The summed E-state index contributed by atoms with van der Waals surface area (Å²) in [6.07, 6.45) is 0.000918. The molecule has 0 fully saturated rings. The second-order valence-corrected chi connectivity index (χ2v) is 5.33. The molecule has 1 heterocycles. The van der Waals surface area contributed by atoms with Gasteiger partial charge in [-0.1, -0.05) is 25.9 Å². The second kappa shape index (κ2) is 7.78. The molecule has 118 valence electrons. The lowest BCUT2D eigenvalue weighted by Crippen LogP contribution is -2.40. The van der Waals surface area contributed by atoms with E-state index in [1.807, 2.05) is 20.8 Å². The largest absolute Gasteiger partial charge is 0.481 e. The normalized spacial score (nSPS) is 12.7. The Morgan fingerprint density at radius 1 is 1.43 bits per heavy atom. The van der Waals surface area contributed by atoms with Gasteiger partial charge in [0.1, 0.15) is 0 Å². The molecule has 0 aliphatic carbocycles. The Balaban J connectivity index is 2.55. The van der Waals surface area contributed by atoms with Gasteiger partial charge in [-0.25, -0.2) is 0 Å². The molecule has 0 aliphatic heterocycles. The number of aromatic nitrogens is 1. The van der Waals surface area contributed by atoms with Crippen molar-refractivity contribution in [3.8, 4) is 0 Å². The number of hydrogen-bond donors (Lipinski definition) is 2. The van der Waals surface area contributed by atoms with E-state index in [0.29, 0.717) is 12.4 Å². The average molecular weight is 297 g/mol. The van der Waals surface area contributed by atoms with Crippen molar-refractivity contribution in [3.05, 3.63) is 11.8 Å². The van der Waals surface area contributed by atoms with Gasteiger partial charge < -0.3 is 9.63 Å². The SMILES string of the molecule is CCN(CC(=O)Nc1cc(C(C)C)no1)C(C)CC(=O)O. The molecule has 0 aromatic carbocycles. The zero-order chi connectivity index (χ0) is 16.0. The van der Waals surface area contributed by atoms with Crippen molar-refractivity contribution in [2.24, 2.45) is 0 Å². The lowest BCUT2D eigenvalue weighted by atomic mass is 10.1. The van der Waals surface area contributed by atoms with E-state index in [2.05, 4.69) is 10.5 Å². The third-order valence-corrected chi connectivity index (χ3v) is 3.23. The summed E-state index contributed by atoms with van der Waals surface area (Å²) in [4.78, 5) is 24.5. The number of likely N-dealkylation sites (N-methyl/N-ethyl adjacent to an activating group) is 1. The van der Waals surface area contributed by atoms with Crippen molar-refractivity contribution in [2.75, 3.05) is 18.4 Å². The van der Waals surface area contributed by atoms with Crippen LogP contribution >= 0.6 is 0 Å². The van der Waals surface area contributed by atoms with Crippen LogP contribution in [-0.2, 0) is 9.59 Å². The van der Waals surface area contributed by atoms with E-state index in [9.17, 15) is 9.59 Å². The molecule has 7 nitrogen and oxygen atoms in total. The number of aliphatic carboxylic acids is 1. The van der Waals surface area contributed by atoms with E-state index in [1.54, 1.807) is 17.9 Å². The summed E-state index contributed by atoms with van der Waals surface area (Å²) in [6, 6.07) is 1.48. The summed E-state index contributed by atoms with van der Waals surface area (Å²) in [5, 5.41) is 15.3. The van der Waals surface area contributed by atoms with Gasteiger partial charge >= 0.3 is 5.97 Å². The summed E-state index contributed by atoms with van der Waals surface area (Å²) in [5.41, 5.74) is 0.775. The summed E-state index contributed by atoms with van der Waals surface area (Å²) < 4.78 is 5.04. The Morgan fingerprint density at radius 2 is 2.10 bits per heavy atom. The summed E-state index contributed by atoms with van der Waals surface area (Å²) in [7, 11) is 0. The van der Waals surface area contributed by atoms with Crippen LogP contribution in [0.1, 0.15) is 45.7 Å². The Labute approximate surface area is 124 Å². The molecule has 1 aromatic rings. The Hall–Kier alpha value is -1.89. The third-order valence-electron chi connectivity index (χ3n) is 3.23. The molecule has 1 rings (SSSR count). The minimum absolute atomic E-state index is 0.000918. The number of anilines is 1. The van der Waals surface area contributed by atoms with Crippen molar-refractivity contribution >= 4 is 17.8 Å². The van der Waals surface area contributed by atoms with Crippen molar-refractivity contribution in [1.29, 1.82) is 0 Å². The van der Waals surface area contributed by atoms with Crippen molar-refractivity contribution in [1.82, 2.24) is 10.1 Å². The maximum absolute atomic E-state index is 12.0. The van der Waals surface area contributed by atoms with Gasteiger partial charge in [-0.05, 0) is 19.4 Å². The molecule has 0 aliphatic rings. The highest BCUT2D eigenvalue weighted by Crippen LogP contribution is 2.17. The quantitative estimate of drug-likeness (QED) is 0.761. The van der Waals surface area contributed by atoms with Crippen LogP contribution in [0.25, 0.3) is 0 Å². The fraction of sp³-hybridized carbons (Fsp3) is 0.643. The third kappa shape index (κ3) is 5.55. The highest BCUT2D eigenvalue weighted by atomic mass is 16.5. The van der Waals surface area contributed by atoms with Gasteiger partial charge in [0.05, 0.1) is 18.7 Å². The van der Waals surface area contributed by atoms with E-state index in [1.165, 1.54) is 0 Å². The standard InChI is InChI=1S/C14H23N3O4/c1-5-17(10(4)6-14(19)20)8-12(18)15-13-7-11(9(2)3)16-21-13/h7,9-10H,5-6,8H2,1-4H3,(H,15,18)(H,19,20). The molecule has 1 amide bonds. The van der Waals surface area contributed by atoms with Gasteiger partial charge in [-0.3, -0.25) is 19.8 Å². The first-order chi connectivity index (χ1) is 9.83. The highest BCUT2D eigenvalue weighted by Gasteiger charge is 2.19. The molecule has 0 radical (unpaired) electrons. The Bertz CT molecular complexity index is 484. The fourth-order valence-corrected chi connectivity index (χ4v) is 1.94. The molecule has 0 spiro atoms. The van der Waals surface area contributed by atoms with Crippen LogP contribution in [0.3, 0.4) is 0 Å². The number of carbonyl (C=O) groups excluding carboxylic acids is 1. The lowest BCUT2D eigenvalue weighted by Gasteiger charge is -2.25. The van der Waals surface area contributed by atoms with E-state index >= 15 is 0 Å². The number of nitrogens with one attached hydrogen (secondary N) is 1. The number of carbonyl (C=O) groups is 2. The molecular formula is C14H23N3O4. The molecule has 2 N–H and O–H groups in total. The maximum Gasteiger partial charge on any atom is 0.304 e. The summed E-state index contributed by atoms with van der Waals surface area (Å²) in [6.45, 7) is 8.34. The zero-order valence-corrected chi connectivity index (χ0v) is 12.9. The lowest BCUT2D eigenvalue weighted by molar-refractivity contribution is -0.138. The first-order valence-corrected chi connectivity index (χ1v) is 7.05. The summed E-state index contributed by atoms with van der Waals surface area (Å²) >= 11 is 0. The van der Waals surface area contributed by atoms with Gasteiger partial charge in [0.15, 0.2) is 0 Å². The monoisotopic (exact) mass is 297 g/mol. The minimum Gasteiger partial charge on any atom is -0.481 e. The van der Waals surface area contributed by atoms with Gasteiger partial charge in [-0.15, -0.1) is 0 Å². The molecule has 21 heavy (non-hydrogen) atoms. The molecule has 1 atom stereocenters. The first-order valence-electron chi connectivity index (χ1n) is 7.05. The van der Waals surface area contributed by atoms with Crippen LogP contribution in [0.15, 0.2) is 10.6 Å². The Morgan fingerprint density at radius 3 is 2.57 bits per heavy atom. The number of amides is 1. The fourth-order valence-electron chi connectivity index (χ4n) is 1.94. The van der Waals surface area contributed by atoms with Gasteiger partial charge in [0.25, 0.3) is 0 Å². The van der Waals surface area contributed by atoms with Crippen LogP contribution in [0.4, 0.5) is 5.88 Å².